The SMILES string of the molecule is COCCCNC(=O)CN(C)C(=O)c1cc(N)cc(Cl)c1. The van der Waals surface area contributed by atoms with Gasteiger partial charge in [0.1, 0.15) is 0 Å². The smallest absolute Gasteiger partial charge is 0.254 e. The summed E-state index contributed by atoms with van der Waals surface area (Å²) in [5, 5.41) is 3.10. The van der Waals surface area contributed by atoms with Crippen molar-refractivity contribution < 1.29 is 14.3 Å². The molecule has 7 heteroatoms. The van der Waals surface area contributed by atoms with Gasteiger partial charge in [-0.25, -0.2) is 0 Å². The van der Waals surface area contributed by atoms with Crippen LogP contribution < -0.4 is 11.1 Å². The molecule has 21 heavy (non-hydrogen) atoms. The van der Waals surface area contributed by atoms with Gasteiger partial charge in [-0.1, -0.05) is 11.6 Å². The molecule has 2 amide bonds. The van der Waals surface area contributed by atoms with Gasteiger partial charge in [0.2, 0.25) is 5.91 Å². The fourth-order valence-electron chi connectivity index (χ4n) is 1.74. The molecule has 1 aromatic carbocycles. The molecule has 0 atom stereocenters. The third-order valence-electron chi connectivity index (χ3n) is 2.74. The van der Waals surface area contributed by atoms with Crippen molar-refractivity contribution >= 4 is 29.1 Å². The van der Waals surface area contributed by atoms with Crippen LogP contribution in [0, 0.1) is 0 Å². The molecule has 1 aromatic rings. The molecule has 0 heterocycles. The molecule has 0 fully saturated rings. The number of nitrogens with zero attached hydrogens (tertiary/aromatic N) is 1. The number of nitrogens with one attached hydrogen (secondary N) is 1. The van der Waals surface area contributed by atoms with E-state index in [2.05, 4.69) is 5.32 Å². The first-order chi connectivity index (χ1) is 9.93. The summed E-state index contributed by atoms with van der Waals surface area (Å²) in [4.78, 5) is 25.2. The normalized spacial score (nSPS) is 10.2. The fourth-order valence-corrected chi connectivity index (χ4v) is 1.99. The molecular formula is C14H20ClN3O3. The molecule has 3 N–H and O–H groups in total. The van der Waals surface area contributed by atoms with E-state index in [0.29, 0.717) is 29.4 Å². The van der Waals surface area contributed by atoms with Crippen LogP contribution in [0.15, 0.2) is 18.2 Å². The van der Waals surface area contributed by atoms with E-state index in [1.807, 2.05) is 0 Å². The molecule has 0 radical (unpaired) electrons. The summed E-state index contributed by atoms with van der Waals surface area (Å²) in [7, 11) is 3.15. The molecule has 0 saturated carbocycles. The van der Waals surface area contributed by atoms with Gasteiger partial charge in [0.25, 0.3) is 5.91 Å². The van der Waals surface area contributed by atoms with Gasteiger partial charge in [-0.2, -0.15) is 0 Å². The van der Waals surface area contributed by atoms with E-state index in [9.17, 15) is 9.59 Å². The number of rotatable bonds is 7. The third-order valence-corrected chi connectivity index (χ3v) is 2.96. The van der Waals surface area contributed by atoms with Crippen molar-refractivity contribution in [3.05, 3.63) is 28.8 Å². The predicted octanol–water partition coefficient (Wildman–Crippen LogP) is 1.15. The minimum absolute atomic E-state index is 0.0295. The number of hydrogen-bond donors (Lipinski definition) is 2. The van der Waals surface area contributed by atoms with Gasteiger partial charge >= 0.3 is 0 Å². The molecule has 0 saturated heterocycles. The largest absolute Gasteiger partial charge is 0.399 e. The summed E-state index contributed by atoms with van der Waals surface area (Å²) < 4.78 is 4.88. The molecule has 6 nitrogen and oxygen atoms in total. The Kier molecular flexibility index (Phi) is 6.98. The van der Waals surface area contributed by atoms with Crippen LogP contribution in [0.25, 0.3) is 0 Å². The quantitative estimate of drug-likeness (QED) is 0.584. The summed E-state index contributed by atoms with van der Waals surface area (Å²) in [6.45, 7) is 1.06. The van der Waals surface area contributed by atoms with Gasteiger partial charge < -0.3 is 20.7 Å². The number of likely N-dealkylation sites (N-methyl/N-ethyl adjacent to an activating group) is 1. The summed E-state index contributed by atoms with van der Waals surface area (Å²) >= 11 is 5.86. The number of methoxy groups -OCH3 is 1. The van der Waals surface area contributed by atoms with Crippen molar-refractivity contribution in [1.29, 1.82) is 0 Å². The Bertz CT molecular complexity index is 488. The van der Waals surface area contributed by atoms with Crippen LogP contribution in [0.2, 0.25) is 5.02 Å². The maximum absolute atomic E-state index is 12.2. The van der Waals surface area contributed by atoms with E-state index in [1.54, 1.807) is 20.2 Å². The zero-order valence-electron chi connectivity index (χ0n) is 12.2. The number of halogens is 1. The van der Waals surface area contributed by atoms with Crippen LogP contribution in [0.4, 0.5) is 5.69 Å². The molecule has 0 aliphatic rings. The number of amides is 2. The second-order valence-electron chi connectivity index (χ2n) is 4.63. The lowest BCUT2D eigenvalue weighted by molar-refractivity contribution is -0.121. The van der Waals surface area contributed by atoms with Crippen LogP contribution in [0.5, 0.6) is 0 Å². The van der Waals surface area contributed by atoms with Crippen molar-refractivity contribution in [2.24, 2.45) is 0 Å². The zero-order valence-corrected chi connectivity index (χ0v) is 12.9. The average Bonchev–Trinajstić information content (AvgIpc) is 2.41. The van der Waals surface area contributed by atoms with E-state index in [1.165, 1.54) is 17.0 Å². The standard InChI is InChI=1S/C14H20ClN3O3/c1-18(9-13(19)17-4-3-5-21-2)14(20)10-6-11(15)8-12(16)7-10/h6-8H,3-5,9,16H2,1-2H3,(H,17,19). The molecule has 0 spiro atoms. The number of anilines is 1. The molecule has 1 rings (SSSR count). The minimum atomic E-state index is -0.309. The average molecular weight is 314 g/mol. The molecule has 0 aromatic heterocycles. The van der Waals surface area contributed by atoms with Crippen molar-refractivity contribution in [3.63, 3.8) is 0 Å². The van der Waals surface area contributed by atoms with E-state index >= 15 is 0 Å². The number of hydrogen-bond acceptors (Lipinski definition) is 4. The van der Waals surface area contributed by atoms with Crippen LogP contribution in [-0.4, -0.2) is 50.6 Å². The van der Waals surface area contributed by atoms with E-state index in [4.69, 9.17) is 22.1 Å². The predicted molar refractivity (Wildman–Crippen MR) is 82.3 cm³/mol. The Labute approximate surface area is 129 Å². The van der Waals surface area contributed by atoms with E-state index in [0.717, 1.165) is 6.42 Å². The minimum Gasteiger partial charge on any atom is -0.399 e. The highest BCUT2D eigenvalue weighted by Gasteiger charge is 2.15. The highest BCUT2D eigenvalue weighted by atomic mass is 35.5. The van der Waals surface area contributed by atoms with Crippen molar-refractivity contribution in [1.82, 2.24) is 10.2 Å². The van der Waals surface area contributed by atoms with Gasteiger partial charge in [0, 0.05) is 43.6 Å². The Morgan fingerprint density at radius 1 is 1.38 bits per heavy atom. The molecule has 0 aliphatic carbocycles. The van der Waals surface area contributed by atoms with E-state index in [-0.39, 0.29) is 18.4 Å². The van der Waals surface area contributed by atoms with E-state index < -0.39 is 0 Å². The lowest BCUT2D eigenvalue weighted by atomic mass is 10.2. The number of carbonyl (C=O) groups excluding carboxylic acids is 2. The van der Waals surface area contributed by atoms with Crippen LogP contribution >= 0.6 is 11.6 Å². The fraction of sp³-hybridized carbons (Fsp3) is 0.429. The molecular weight excluding hydrogens is 294 g/mol. The van der Waals surface area contributed by atoms with Gasteiger partial charge in [0.15, 0.2) is 0 Å². The second kappa shape index (κ2) is 8.49. The summed E-state index contributed by atoms with van der Waals surface area (Å²) in [6.07, 6.45) is 0.727. The summed E-state index contributed by atoms with van der Waals surface area (Å²) in [5.41, 5.74) is 6.41. The first kappa shape index (κ1) is 17.3. The molecule has 116 valence electrons. The van der Waals surface area contributed by atoms with Crippen LogP contribution in [0.3, 0.4) is 0 Å². The van der Waals surface area contributed by atoms with Crippen LogP contribution in [-0.2, 0) is 9.53 Å². The topological polar surface area (TPSA) is 84.7 Å². The Hall–Kier alpha value is -1.79. The highest BCUT2D eigenvalue weighted by Crippen LogP contribution is 2.17. The van der Waals surface area contributed by atoms with Crippen LogP contribution in [0.1, 0.15) is 16.8 Å². The molecule has 0 unspecified atom stereocenters. The second-order valence-corrected chi connectivity index (χ2v) is 5.07. The maximum Gasteiger partial charge on any atom is 0.254 e. The number of nitrogens with two attached hydrogens (primary N) is 1. The van der Waals surface area contributed by atoms with Gasteiger partial charge in [-0.05, 0) is 24.6 Å². The number of carbonyl (C=O) groups is 2. The van der Waals surface area contributed by atoms with Crippen molar-refractivity contribution in [3.8, 4) is 0 Å². The first-order valence-corrected chi connectivity index (χ1v) is 6.89. The van der Waals surface area contributed by atoms with Gasteiger partial charge in [-0.3, -0.25) is 9.59 Å². The molecule has 0 aliphatic heterocycles. The Morgan fingerprint density at radius 3 is 2.71 bits per heavy atom. The Morgan fingerprint density at radius 2 is 2.10 bits per heavy atom. The Balaban J connectivity index is 2.52. The molecule has 0 bridgehead atoms. The lowest BCUT2D eigenvalue weighted by Crippen LogP contribution is -2.38. The van der Waals surface area contributed by atoms with Gasteiger partial charge in [-0.15, -0.1) is 0 Å². The summed E-state index contributed by atoms with van der Waals surface area (Å²) in [5.74, 6) is -0.534. The van der Waals surface area contributed by atoms with Crippen molar-refractivity contribution in [2.75, 3.05) is 39.6 Å². The third kappa shape index (κ3) is 6.01. The van der Waals surface area contributed by atoms with Gasteiger partial charge in [0.05, 0.1) is 6.54 Å². The number of ether oxygens (including phenoxy) is 1. The maximum atomic E-state index is 12.2. The lowest BCUT2D eigenvalue weighted by Gasteiger charge is -2.17. The summed E-state index contributed by atoms with van der Waals surface area (Å²) in [6, 6.07) is 4.61. The zero-order chi connectivity index (χ0) is 15.8. The first-order valence-electron chi connectivity index (χ1n) is 6.51. The number of benzene rings is 1. The highest BCUT2D eigenvalue weighted by molar-refractivity contribution is 6.31. The monoisotopic (exact) mass is 313 g/mol. The number of nitrogen functional groups attached to an aromatic ring is 1. The van der Waals surface area contributed by atoms with Crippen molar-refractivity contribution in [2.45, 2.75) is 6.42 Å².